The van der Waals surface area contributed by atoms with Gasteiger partial charge in [0.1, 0.15) is 11.5 Å². The predicted molar refractivity (Wildman–Crippen MR) is 205 cm³/mol. The number of hydrogen-bond acceptors (Lipinski definition) is 8. The van der Waals surface area contributed by atoms with Gasteiger partial charge in [-0.05, 0) is 73.8 Å². The first-order valence-corrected chi connectivity index (χ1v) is 20.5. The molecule has 0 spiro atoms. The Morgan fingerprint density at radius 2 is 1.16 bits per heavy atom. The fourth-order valence-corrected chi connectivity index (χ4v) is 11.0. The Balaban J connectivity index is 0.996. The van der Waals surface area contributed by atoms with Gasteiger partial charge in [0.2, 0.25) is 23.6 Å². The zero-order valence-corrected chi connectivity index (χ0v) is 32.1. The van der Waals surface area contributed by atoms with Crippen LogP contribution in [0, 0.1) is 29.6 Å². The fraction of sp³-hybridized carbons (Fsp3) is 0.467. The highest BCUT2D eigenvalue weighted by atomic mass is 19.4. The van der Waals surface area contributed by atoms with Gasteiger partial charge in [-0.3, -0.25) is 38.8 Å². The molecule has 4 aliphatic heterocycles. The topological polar surface area (TPSA) is 111 Å². The molecule has 4 heterocycles. The van der Waals surface area contributed by atoms with E-state index in [1.165, 1.54) is 20.9 Å². The van der Waals surface area contributed by atoms with Gasteiger partial charge in [-0.2, -0.15) is 0 Å². The first-order chi connectivity index (χ1) is 27.9. The minimum atomic E-state index is -5.01. The second-order valence-corrected chi connectivity index (χ2v) is 16.9. The Bertz CT molecular complexity index is 2100. The Kier molecular flexibility index (Phi) is 10.2. The van der Waals surface area contributed by atoms with Crippen molar-refractivity contribution in [2.24, 2.45) is 29.6 Å². The van der Waals surface area contributed by atoms with Crippen LogP contribution in [0.5, 0.6) is 11.5 Å². The van der Waals surface area contributed by atoms with Crippen molar-refractivity contribution >= 4 is 23.6 Å². The van der Waals surface area contributed by atoms with Crippen LogP contribution in [0.4, 0.5) is 13.2 Å². The largest absolute Gasteiger partial charge is 0.573 e. The SMILES string of the molecule is O=C1C2CC=C3C(CC4C(=O)N(C5CCN(Cc6ccccc6)CC5)C(=O)C4C3c3cc(OC(F)(F)F)ccc3O)C2C(=O)N1C1CCN(Cc2ccccc2)CC1. The molecule has 4 amide bonds. The van der Waals surface area contributed by atoms with Gasteiger partial charge in [-0.15, -0.1) is 13.2 Å². The molecular weight excluding hydrogens is 750 g/mol. The molecule has 1 saturated carbocycles. The highest BCUT2D eigenvalue weighted by Gasteiger charge is 2.63. The van der Waals surface area contributed by atoms with E-state index in [0.29, 0.717) is 44.3 Å². The predicted octanol–water partition coefficient (Wildman–Crippen LogP) is 6.26. The van der Waals surface area contributed by atoms with Gasteiger partial charge in [0.15, 0.2) is 0 Å². The van der Waals surface area contributed by atoms with Crippen molar-refractivity contribution < 1.29 is 42.2 Å². The Labute approximate surface area is 335 Å². The molecular formula is C45H47F3N4O6. The van der Waals surface area contributed by atoms with Crippen LogP contribution in [0.15, 0.2) is 90.5 Å². The second kappa shape index (κ2) is 15.3. The van der Waals surface area contributed by atoms with Crippen LogP contribution in [-0.2, 0) is 32.3 Å². The molecule has 2 aliphatic carbocycles. The summed E-state index contributed by atoms with van der Waals surface area (Å²) in [5.41, 5.74) is 3.01. The van der Waals surface area contributed by atoms with Crippen LogP contribution in [0.2, 0.25) is 0 Å². The average molecular weight is 797 g/mol. The normalized spacial score (nSPS) is 28.7. The molecule has 6 atom stereocenters. The summed E-state index contributed by atoms with van der Waals surface area (Å²) < 4.78 is 44.7. The van der Waals surface area contributed by atoms with Gasteiger partial charge in [0, 0.05) is 62.8 Å². The summed E-state index contributed by atoms with van der Waals surface area (Å²) in [5.74, 6) is -7.14. The van der Waals surface area contributed by atoms with Crippen molar-refractivity contribution in [2.45, 2.75) is 76.0 Å². The molecule has 4 saturated heterocycles. The first-order valence-electron chi connectivity index (χ1n) is 20.5. The number of rotatable bonds is 8. The zero-order chi connectivity index (χ0) is 40.3. The van der Waals surface area contributed by atoms with Gasteiger partial charge in [-0.25, -0.2) is 0 Å². The van der Waals surface area contributed by atoms with E-state index in [1.54, 1.807) is 0 Å². The molecule has 5 fully saturated rings. The third-order valence-electron chi connectivity index (χ3n) is 13.6. The van der Waals surface area contributed by atoms with Crippen molar-refractivity contribution in [3.8, 4) is 11.5 Å². The van der Waals surface area contributed by atoms with Gasteiger partial charge in [0.05, 0.1) is 23.7 Å². The van der Waals surface area contributed by atoms with Crippen LogP contribution >= 0.6 is 0 Å². The maximum absolute atomic E-state index is 14.7. The first kappa shape index (κ1) is 38.5. The summed E-state index contributed by atoms with van der Waals surface area (Å²) >= 11 is 0. The van der Waals surface area contributed by atoms with E-state index >= 15 is 0 Å². The summed E-state index contributed by atoms with van der Waals surface area (Å²) in [6.07, 6.45) is -0.389. The molecule has 0 bridgehead atoms. The number of alkyl halides is 3. The summed E-state index contributed by atoms with van der Waals surface area (Å²) in [6.45, 7) is 4.30. The lowest BCUT2D eigenvalue weighted by Crippen LogP contribution is -2.48. The maximum Gasteiger partial charge on any atom is 0.573 e. The summed E-state index contributed by atoms with van der Waals surface area (Å²) in [5, 5.41) is 11.3. The summed E-state index contributed by atoms with van der Waals surface area (Å²) in [4.78, 5) is 65.5. The van der Waals surface area contributed by atoms with Gasteiger partial charge >= 0.3 is 6.36 Å². The smallest absolute Gasteiger partial charge is 0.508 e. The molecule has 6 aliphatic rings. The number of likely N-dealkylation sites (tertiary alicyclic amines) is 4. The molecule has 0 aromatic heterocycles. The van der Waals surface area contributed by atoms with E-state index < -0.39 is 53.5 Å². The molecule has 3 aromatic carbocycles. The fourth-order valence-electron chi connectivity index (χ4n) is 11.0. The lowest BCUT2D eigenvalue weighted by Gasteiger charge is -2.44. The number of nitrogens with zero attached hydrogens (tertiary/aromatic N) is 4. The van der Waals surface area contributed by atoms with Gasteiger partial charge in [0.25, 0.3) is 0 Å². The van der Waals surface area contributed by atoms with E-state index in [4.69, 9.17) is 0 Å². The van der Waals surface area contributed by atoms with Gasteiger partial charge < -0.3 is 9.84 Å². The molecule has 10 nitrogen and oxygen atoms in total. The number of imide groups is 2. The van der Waals surface area contributed by atoms with Crippen molar-refractivity contribution in [3.05, 3.63) is 107 Å². The Hall–Kier alpha value is -5.01. The van der Waals surface area contributed by atoms with E-state index in [0.717, 1.165) is 44.4 Å². The number of phenolic OH excluding ortho intramolecular Hbond substituents is 1. The lowest BCUT2D eigenvalue weighted by molar-refractivity contribution is -0.274. The number of allylic oxidation sites excluding steroid dienone is 2. The third-order valence-corrected chi connectivity index (χ3v) is 13.6. The number of phenols is 1. The average Bonchev–Trinajstić information content (AvgIpc) is 3.62. The molecule has 9 rings (SSSR count). The van der Waals surface area contributed by atoms with Crippen LogP contribution in [0.3, 0.4) is 0 Å². The number of aromatic hydroxyl groups is 1. The molecule has 6 unspecified atom stereocenters. The number of hydrogen-bond donors (Lipinski definition) is 1. The monoisotopic (exact) mass is 796 g/mol. The number of halogens is 3. The minimum absolute atomic E-state index is 0.0336. The molecule has 304 valence electrons. The number of amides is 4. The summed E-state index contributed by atoms with van der Waals surface area (Å²) in [6, 6.07) is 22.8. The van der Waals surface area contributed by atoms with E-state index in [9.17, 15) is 37.5 Å². The van der Waals surface area contributed by atoms with Crippen LogP contribution < -0.4 is 4.74 Å². The molecule has 58 heavy (non-hydrogen) atoms. The minimum Gasteiger partial charge on any atom is -0.508 e. The van der Waals surface area contributed by atoms with Gasteiger partial charge in [-0.1, -0.05) is 72.3 Å². The third kappa shape index (κ3) is 7.10. The second-order valence-electron chi connectivity index (χ2n) is 16.9. The summed E-state index contributed by atoms with van der Waals surface area (Å²) in [7, 11) is 0. The molecule has 13 heteroatoms. The number of benzene rings is 3. The highest BCUT2D eigenvalue weighted by molar-refractivity contribution is 6.08. The van der Waals surface area contributed by atoms with Crippen LogP contribution in [0.25, 0.3) is 0 Å². The number of carbonyl (C=O) groups is 4. The number of fused-ring (bicyclic) bond motifs is 4. The lowest BCUT2D eigenvalue weighted by atomic mass is 9.57. The molecule has 0 radical (unpaired) electrons. The van der Waals surface area contributed by atoms with E-state index in [2.05, 4.69) is 38.8 Å². The van der Waals surface area contributed by atoms with E-state index in [-0.39, 0.29) is 54.0 Å². The molecule has 3 aromatic rings. The van der Waals surface area contributed by atoms with Crippen molar-refractivity contribution in [3.63, 3.8) is 0 Å². The number of carbonyl (C=O) groups excluding carboxylic acids is 4. The number of piperidine rings is 2. The van der Waals surface area contributed by atoms with E-state index in [1.807, 2.05) is 42.5 Å². The van der Waals surface area contributed by atoms with Crippen molar-refractivity contribution in [2.75, 3.05) is 26.2 Å². The van der Waals surface area contributed by atoms with Crippen LogP contribution in [0.1, 0.15) is 61.1 Å². The van der Waals surface area contributed by atoms with Crippen molar-refractivity contribution in [1.82, 2.24) is 19.6 Å². The maximum atomic E-state index is 14.7. The quantitative estimate of drug-likeness (QED) is 0.211. The molecule has 1 N–H and O–H groups in total. The van der Waals surface area contributed by atoms with Crippen LogP contribution in [-0.4, -0.2) is 93.0 Å². The Morgan fingerprint density at radius 3 is 1.69 bits per heavy atom. The highest BCUT2D eigenvalue weighted by Crippen LogP contribution is 2.59. The Morgan fingerprint density at radius 1 is 0.638 bits per heavy atom. The van der Waals surface area contributed by atoms with Crippen molar-refractivity contribution in [1.29, 1.82) is 0 Å². The zero-order valence-electron chi connectivity index (χ0n) is 32.1. The number of ether oxygens (including phenoxy) is 1. The standard InChI is InChI=1S/C45H47F3N4O6/c46-45(47,48)58-31-11-14-37(53)35(23-31)38-32-12-13-33-39(43(56)51(41(33)54)29-15-19-49(20-16-29)25-27-7-3-1-4-8-27)34(32)24-36-40(38)44(57)52(42(36)55)30-17-21-50(22-18-30)26-28-9-5-2-6-10-28/h1-12,14,23,29-30,33-34,36,38-40,53H,13,15-22,24-26H2.